The van der Waals surface area contributed by atoms with Gasteiger partial charge in [0.2, 0.25) is 0 Å². The summed E-state index contributed by atoms with van der Waals surface area (Å²) in [5, 5.41) is 0. The molecule has 0 bridgehead atoms. The standard InChI is InChI=1S/C9H16S/c1-3-5-7-9-10-8-6-4-2/h3,5,7-9H2,1-2H3. The Bertz CT molecular complexity index is 108. The van der Waals surface area contributed by atoms with Crippen molar-refractivity contribution < 1.29 is 0 Å². The molecule has 1 heteroatoms. The second-order valence-corrected chi connectivity index (χ2v) is 3.29. The number of thioether (sulfide) groups is 1. The second-order valence-electron chi connectivity index (χ2n) is 2.19. The molecule has 0 saturated heterocycles. The average molecular weight is 156 g/mol. The predicted molar refractivity (Wildman–Crippen MR) is 50.3 cm³/mol. The Morgan fingerprint density at radius 3 is 2.70 bits per heavy atom. The van der Waals surface area contributed by atoms with E-state index in [2.05, 4.69) is 18.8 Å². The number of hydrogen-bond donors (Lipinski definition) is 0. The maximum absolute atomic E-state index is 3.04. The Hall–Kier alpha value is -0.0900. The van der Waals surface area contributed by atoms with E-state index in [0.717, 1.165) is 5.75 Å². The Morgan fingerprint density at radius 1 is 1.30 bits per heavy atom. The normalized spacial score (nSPS) is 8.60. The fourth-order valence-electron chi connectivity index (χ4n) is 0.649. The molecule has 0 aromatic heterocycles. The highest BCUT2D eigenvalue weighted by molar-refractivity contribution is 7.99. The van der Waals surface area contributed by atoms with Gasteiger partial charge in [-0.2, -0.15) is 0 Å². The van der Waals surface area contributed by atoms with Crippen LogP contribution in [0.3, 0.4) is 0 Å². The molecule has 0 aromatic carbocycles. The summed E-state index contributed by atoms with van der Waals surface area (Å²) in [6.07, 6.45) is 4.04. The third kappa shape index (κ3) is 7.91. The maximum atomic E-state index is 3.04. The highest BCUT2D eigenvalue weighted by Crippen LogP contribution is 2.04. The molecular formula is C9H16S. The molecule has 10 heavy (non-hydrogen) atoms. The van der Waals surface area contributed by atoms with Crippen molar-refractivity contribution in [2.75, 3.05) is 11.5 Å². The van der Waals surface area contributed by atoms with Crippen molar-refractivity contribution in [3.63, 3.8) is 0 Å². The largest absolute Gasteiger partial charge is 0.149 e. The maximum Gasteiger partial charge on any atom is 0.0547 e. The molecular weight excluding hydrogens is 140 g/mol. The van der Waals surface area contributed by atoms with Crippen LogP contribution in [0.1, 0.15) is 33.1 Å². The van der Waals surface area contributed by atoms with Crippen LogP contribution in [-0.2, 0) is 0 Å². The Morgan fingerprint density at radius 2 is 2.10 bits per heavy atom. The third-order valence-electron chi connectivity index (χ3n) is 1.24. The fraction of sp³-hybridized carbons (Fsp3) is 0.778. The van der Waals surface area contributed by atoms with E-state index >= 15 is 0 Å². The molecule has 0 nitrogen and oxygen atoms in total. The zero-order valence-electron chi connectivity index (χ0n) is 6.94. The molecule has 0 heterocycles. The topological polar surface area (TPSA) is 0 Å². The van der Waals surface area contributed by atoms with Crippen molar-refractivity contribution in [3.8, 4) is 11.8 Å². The first kappa shape index (κ1) is 9.91. The number of rotatable bonds is 5. The first-order valence-electron chi connectivity index (χ1n) is 3.89. The van der Waals surface area contributed by atoms with E-state index in [4.69, 9.17) is 0 Å². The van der Waals surface area contributed by atoms with Gasteiger partial charge in [0, 0.05) is 0 Å². The Kier molecular flexibility index (Phi) is 8.83. The minimum atomic E-state index is 1.01. The minimum Gasteiger partial charge on any atom is -0.149 e. The van der Waals surface area contributed by atoms with Crippen LogP contribution in [0.15, 0.2) is 0 Å². The van der Waals surface area contributed by atoms with Gasteiger partial charge >= 0.3 is 0 Å². The predicted octanol–water partition coefficient (Wildman–Crippen LogP) is 2.93. The van der Waals surface area contributed by atoms with Crippen LogP contribution < -0.4 is 0 Å². The van der Waals surface area contributed by atoms with Gasteiger partial charge in [0.05, 0.1) is 5.75 Å². The molecule has 58 valence electrons. The Balaban J connectivity index is 2.82. The SMILES string of the molecule is CC#CCSCCCCC. The molecule has 0 fully saturated rings. The lowest BCUT2D eigenvalue weighted by Gasteiger charge is -1.94. The lowest BCUT2D eigenvalue weighted by atomic mass is 10.3. The van der Waals surface area contributed by atoms with Crippen LogP contribution in [0, 0.1) is 11.8 Å². The second kappa shape index (κ2) is 8.91. The summed E-state index contributed by atoms with van der Waals surface area (Å²) in [7, 11) is 0. The smallest absolute Gasteiger partial charge is 0.0547 e. The first-order valence-corrected chi connectivity index (χ1v) is 5.04. The van der Waals surface area contributed by atoms with Crippen molar-refractivity contribution in [2.45, 2.75) is 33.1 Å². The van der Waals surface area contributed by atoms with Gasteiger partial charge < -0.3 is 0 Å². The van der Waals surface area contributed by atoms with Gasteiger partial charge in [-0.05, 0) is 19.1 Å². The van der Waals surface area contributed by atoms with Crippen molar-refractivity contribution in [1.82, 2.24) is 0 Å². The zero-order chi connectivity index (χ0) is 7.66. The lowest BCUT2D eigenvalue weighted by molar-refractivity contribution is 0.779. The van der Waals surface area contributed by atoms with E-state index in [1.54, 1.807) is 0 Å². The minimum absolute atomic E-state index is 1.01. The quantitative estimate of drug-likeness (QED) is 0.435. The molecule has 0 N–H and O–H groups in total. The summed E-state index contributed by atoms with van der Waals surface area (Å²) >= 11 is 1.94. The van der Waals surface area contributed by atoms with Crippen LogP contribution >= 0.6 is 11.8 Å². The monoisotopic (exact) mass is 156 g/mol. The van der Waals surface area contributed by atoms with Gasteiger partial charge in [-0.3, -0.25) is 0 Å². The zero-order valence-corrected chi connectivity index (χ0v) is 7.76. The van der Waals surface area contributed by atoms with Gasteiger partial charge in [-0.15, -0.1) is 17.7 Å². The molecule has 0 unspecified atom stereocenters. The molecule has 0 aliphatic carbocycles. The summed E-state index contributed by atoms with van der Waals surface area (Å²) in [4.78, 5) is 0. The van der Waals surface area contributed by atoms with E-state index < -0.39 is 0 Å². The van der Waals surface area contributed by atoms with Gasteiger partial charge in [-0.1, -0.05) is 25.7 Å². The van der Waals surface area contributed by atoms with Gasteiger partial charge in [0.15, 0.2) is 0 Å². The van der Waals surface area contributed by atoms with E-state index in [1.165, 1.54) is 25.0 Å². The van der Waals surface area contributed by atoms with Gasteiger partial charge in [0.25, 0.3) is 0 Å². The summed E-state index contributed by atoms with van der Waals surface area (Å²) in [6, 6.07) is 0. The molecule has 0 saturated carbocycles. The number of hydrogen-bond acceptors (Lipinski definition) is 1. The van der Waals surface area contributed by atoms with E-state index in [1.807, 2.05) is 18.7 Å². The molecule has 0 spiro atoms. The van der Waals surface area contributed by atoms with Crippen LogP contribution in [0.5, 0.6) is 0 Å². The molecule has 0 amide bonds. The van der Waals surface area contributed by atoms with Crippen LogP contribution in [0.4, 0.5) is 0 Å². The van der Waals surface area contributed by atoms with Crippen LogP contribution in [-0.4, -0.2) is 11.5 Å². The molecule has 0 atom stereocenters. The summed E-state index contributed by atoms with van der Waals surface area (Å²) in [5.41, 5.74) is 0. The lowest BCUT2D eigenvalue weighted by Crippen LogP contribution is -1.80. The van der Waals surface area contributed by atoms with E-state index in [0.29, 0.717) is 0 Å². The van der Waals surface area contributed by atoms with E-state index in [9.17, 15) is 0 Å². The van der Waals surface area contributed by atoms with Crippen molar-refractivity contribution in [3.05, 3.63) is 0 Å². The summed E-state index contributed by atoms with van der Waals surface area (Å²) < 4.78 is 0. The molecule has 0 aliphatic heterocycles. The molecule has 0 aliphatic rings. The first-order chi connectivity index (χ1) is 4.91. The molecule has 0 radical (unpaired) electrons. The summed E-state index contributed by atoms with van der Waals surface area (Å²) in [5.74, 6) is 8.22. The van der Waals surface area contributed by atoms with E-state index in [-0.39, 0.29) is 0 Å². The highest BCUT2D eigenvalue weighted by atomic mass is 32.2. The molecule has 0 rings (SSSR count). The summed E-state index contributed by atoms with van der Waals surface area (Å²) in [6.45, 7) is 4.13. The van der Waals surface area contributed by atoms with Crippen molar-refractivity contribution >= 4 is 11.8 Å². The van der Waals surface area contributed by atoms with Crippen molar-refractivity contribution in [2.24, 2.45) is 0 Å². The van der Waals surface area contributed by atoms with Crippen LogP contribution in [0.2, 0.25) is 0 Å². The Labute approximate surface area is 68.8 Å². The highest BCUT2D eigenvalue weighted by Gasteiger charge is 1.84. The van der Waals surface area contributed by atoms with Gasteiger partial charge in [0.1, 0.15) is 0 Å². The number of unbranched alkanes of at least 4 members (excludes halogenated alkanes) is 2. The third-order valence-corrected chi connectivity index (χ3v) is 2.17. The van der Waals surface area contributed by atoms with Gasteiger partial charge in [-0.25, -0.2) is 0 Å². The molecule has 0 aromatic rings. The fourth-order valence-corrected chi connectivity index (χ4v) is 1.45. The average Bonchev–Trinajstić information content (AvgIpc) is 1.97. The van der Waals surface area contributed by atoms with Crippen LogP contribution in [0.25, 0.3) is 0 Å². The van der Waals surface area contributed by atoms with Crippen molar-refractivity contribution in [1.29, 1.82) is 0 Å².